The van der Waals surface area contributed by atoms with E-state index in [9.17, 15) is 15.0 Å². The summed E-state index contributed by atoms with van der Waals surface area (Å²) in [5.41, 5.74) is 9.26. The number of aliphatic hydroxyl groups excluding tert-OH is 2. The van der Waals surface area contributed by atoms with Crippen molar-refractivity contribution >= 4 is 11.9 Å². The summed E-state index contributed by atoms with van der Waals surface area (Å²) in [6.45, 7) is 0.890. The zero-order chi connectivity index (χ0) is 23.3. The third kappa shape index (κ3) is 7.64. The number of ether oxygens (including phenoxy) is 2. The third-order valence-corrected chi connectivity index (χ3v) is 5.08. The van der Waals surface area contributed by atoms with Crippen LogP contribution in [-0.2, 0) is 16.0 Å². The van der Waals surface area contributed by atoms with Crippen LogP contribution in [0, 0.1) is 0 Å². The third-order valence-electron chi connectivity index (χ3n) is 5.08. The minimum Gasteiger partial charge on any atom is -0.493 e. The summed E-state index contributed by atoms with van der Waals surface area (Å²) in [6, 6.07) is 13.6. The van der Waals surface area contributed by atoms with Crippen LogP contribution >= 0.6 is 0 Å². The standard InChI is InChI=1S/C24H33N3O5/c1-26-24(25)27-23(30)11-5-17-4-10-21(22(14-17)32-13-3-12-31-2)19-8-6-18(7-9-19)20(15-28)16-29/h4,6-10,14,20,28-29H,3,5,11-13,15-16H2,1-2H3,(H3,25,26,27,30). The maximum atomic E-state index is 12.0. The monoisotopic (exact) mass is 443 g/mol. The first kappa shape index (κ1) is 25.3. The van der Waals surface area contributed by atoms with Crippen molar-refractivity contribution in [1.29, 1.82) is 0 Å². The molecule has 0 atom stereocenters. The fraction of sp³-hybridized carbons (Fsp3) is 0.417. The van der Waals surface area contributed by atoms with Crippen molar-refractivity contribution in [1.82, 2.24) is 5.32 Å². The lowest BCUT2D eigenvalue weighted by atomic mass is 9.96. The van der Waals surface area contributed by atoms with Crippen molar-refractivity contribution in [3.8, 4) is 16.9 Å². The molecule has 0 aliphatic carbocycles. The SMILES string of the molecule is CN=C(N)NC(=O)CCc1ccc(-c2ccc(C(CO)CO)cc2)c(OCCCOC)c1. The molecule has 2 aromatic carbocycles. The minimum absolute atomic E-state index is 0.0978. The van der Waals surface area contributed by atoms with Crippen LogP contribution in [0.2, 0.25) is 0 Å². The van der Waals surface area contributed by atoms with Gasteiger partial charge in [-0.1, -0.05) is 36.4 Å². The van der Waals surface area contributed by atoms with Gasteiger partial charge in [0, 0.05) is 45.1 Å². The number of hydrogen-bond acceptors (Lipinski definition) is 6. The van der Waals surface area contributed by atoms with E-state index in [1.165, 1.54) is 7.05 Å². The molecule has 0 aromatic heterocycles. The van der Waals surface area contributed by atoms with Crippen LogP contribution in [0.4, 0.5) is 0 Å². The molecule has 0 spiro atoms. The number of carbonyl (C=O) groups is 1. The van der Waals surface area contributed by atoms with Gasteiger partial charge in [-0.15, -0.1) is 0 Å². The number of nitrogens with zero attached hydrogens (tertiary/aromatic N) is 1. The van der Waals surface area contributed by atoms with Crippen LogP contribution in [0.5, 0.6) is 5.75 Å². The van der Waals surface area contributed by atoms with Gasteiger partial charge in [0.25, 0.3) is 0 Å². The number of amides is 1. The van der Waals surface area contributed by atoms with E-state index in [4.69, 9.17) is 15.2 Å². The zero-order valence-corrected chi connectivity index (χ0v) is 18.7. The maximum absolute atomic E-state index is 12.0. The van der Waals surface area contributed by atoms with E-state index in [0.29, 0.717) is 19.6 Å². The molecule has 0 bridgehead atoms. The molecule has 0 aliphatic rings. The lowest BCUT2D eigenvalue weighted by Gasteiger charge is -2.15. The number of aliphatic imine (C=N–C) groups is 1. The number of aliphatic hydroxyl groups is 2. The Bertz CT molecular complexity index is 880. The molecule has 0 saturated heterocycles. The quantitative estimate of drug-likeness (QED) is 0.225. The number of guanidine groups is 1. The van der Waals surface area contributed by atoms with Gasteiger partial charge in [-0.05, 0) is 29.2 Å². The molecule has 0 saturated carbocycles. The van der Waals surface area contributed by atoms with E-state index in [2.05, 4.69) is 10.3 Å². The summed E-state index contributed by atoms with van der Waals surface area (Å²) in [4.78, 5) is 15.7. The molecule has 1 amide bonds. The lowest BCUT2D eigenvalue weighted by Crippen LogP contribution is -2.36. The van der Waals surface area contributed by atoms with Crippen LogP contribution in [-0.4, -0.2) is 62.7 Å². The van der Waals surface area contributed by atoms with Gasteiger partial charge in [0.05, 0.1) is 19.8 Å². The minimum atomic E-state index is -0.297. The van der Waals surface area contributed by atoms with Crippen molar-refractivity contribution in [2.24, 2.45) is 10.7 Å². The molecule has 8 nitrogen and oxygen atoms in total. The molecule has 2 aromatic rings. The Kier molecular flexibility index (Phi) is 10.7. The largest absolute Gasteiger partial charge is 0.493 e. The molecular weight excluding hydrogens is 410 g/mol. The highest BCUT2D eigenvalue weighted by Gasteiger charge is 2.12. The van der Waals surface area contributed by atoms with Gasteiger partial charge in [0.2, 0.25) is 5.91 Å². The second kappa shape index (κ2) is 13.5. The van der Waals surface area contributed by atoms with Gasteiger partial charge in [-0.2, -0.15) is 0 Å². The predicted octanol–water partition coefficient (Wildman–Crippen LogP) is 1.83. The van der Waals surface area contributed by atoms with Crippen LogP contribution in [0.15, 0.2) is 47.5 Å². The molecule has 2 rings (SSSR count). The average Bonchev–Trinajstić information content (AvgIpc) is 2.82. The smallest absolute Gasteiger partial charge is 0.226 e. The van der Waals surface area contributed by atoms with Gasteiger partial charge < -0.3 is 25.4 Å². The first-order valence-electron chi connectivity index (χ1n) is 10.6. The molecule has 32 heavy (non-hydrogen) atoms. The number of methoxy groups -OCH3 is 1. The first-order valence-corrected chi connectivity index (χ1v) is 10.6. The van der Waals surface area contributed by atoms with Gasteiger partial charge >= 0.3 is 0 Å². The van der Waals surface area contributed by atoms with E-state index in [1.807, 2.05) is 42.5 Å². The summed E-state index contributed by atoms with van der Waals surface area (Å²) in [7, 11) is 3.17. The number of hydrogen-bond donors (Lipinski definition) is 4. The van der Waals surface area contributed by atoms with Crippen molar-refractivity contribution in [3.63, 3.8) is 0 Å². The highest BCUT2D eigenvalue weighted by molar-refractivity contribution is 5.96. The fourth-order valence-electron chi connectivity index (χ4n) is 3.19. The number of aryl methyl sites for hydroxylation is 1. The number of nitrogens with one attached hydrogen (secondary N) is 1. The Hall–Kier alpha value is -2.94. The van der Waals surface area contributed by atoms with Crippen LogP contribution < -0.4 is 15.8 Å². The Morgan fingerprint density at radius 1 is 1.12 bits per heavy atom. The molecule has 8 heteroatoms. The van der Waals surface area contributed by atoms with Crippen LogP contribution in [0.1, 0.15) is 29.9 Å². The van der Waals surface area contributed by atoms with Crippen molar-refractivity contribution < 1.29 is 24.5 Å². The highest BCUT2D eigenvalue weighted by atomic mass is 16.5. The van der Waals surface area contributed by atoms with Crippen molar-refractivity contribution in [3.05, 3.63) is 53.6 Å². The maximum Gasteiger partial charge on any atom is 0.226 e. The second-order valence-electron chi connectivity index (χ2n) is 7.37. The summed E-state index contributed by atoms with van der Waals surface area (Å²) in [5, 5.41) is 21.3. The number of carbonyl (C=O) groups excluding carboxylic acids is 1. The summed E-state index contributed by atoms with van der Waals surface area (Å²) < 4.78 is 11.1. The molecule has 0 heterocycles. The molecule has 5 N–H and O–H groups in total. The van der Waals surface area contributed by atoms with Crippen LogP contribution in [0.25, 0.3) is 11.1 Å². The van der Waals surface area contributed by atoms with Crippen molar-refractivity contribution in [2.45, 2.75) is 25.2 Å². The van der Waals surface area contributed by atoms with E-state index in [0.717, 1.165) is 34.4 Å². The Morgan fingerprint density at radius 2 is 1.84 bits per heavy atom. The summed E-state index contributed by atoms with van der Waals surface area (Å²) in [6.07, 6.45) is 1.56. The topological polar surface area (TPSA) is 126 Å². The fourth-order valence-corrected chi connectivity index (χ4v) is 3.19. The molecule has 0 aliphatic heterocycles. The highest BCUT2D eigenvalue weighted by Crippen LogP contribution is 2.32. The number of benzene rings is 2. The van der Waals surface area contributed by atoms with E-state index in [-0.39, 0.29) is 37.4 Å². The van der Waals surface area contributed by atoms with Gasteiger partial charge in [0.15, 0.2) is 5.96 Å². The van der Waals surface area contributed by atoms with E-state index < -0.39 is 0 Å². The van der Waals surface area contributed by atoms with Crippen molar-refractivity contribution in [2.75, 3.05) is 40.6 Å². The molecule has 0 radical (unpaired) electrons. The van der Waals surface area contributed by atoms with Gasteiger partial charge in [-0.3, -0.25) is 15.1 Å². The normalized spacial score (nSPS) is 11.6. The zero-order valence-electron chi connectivity index (χ0n) is 18.7. The lowest BCUT2D eigenvalue weighted by molar-refractivity contribution is -0.119. The van der Waals surface area contributed by atoms with E-state index >= 15 is 0 Å². The van der Waals surface area contributed by atoms with Gasteiger partial charge in [0.1, 0.15) is 5.75 Å². The number of rotatable bonds is 12. The molecule has 174 valence electrons. The van der Waals surface area contributed by atoms with Gasteiger partial charge in [-0.25, -0.2) is 0 Å². The molecule has 0 unspecified atom stereocenters. The summed E-state index contributed by atoms with van der Waals surface area (Å²) >= 11 is 0. The first-order chi connectivity index (χ1) is 15.5. The Labute approximate surface area is 189 Å². The average molecular weight is 444 g/mol. The Balaban J connectivity index is 2.20. The summed E-state index contributed by atoms with van der Waals surface area (Å²) in [5.74, 6) is 0.328. The molecular formula is C24H33N3O5. The Morgan fingerprint density at radius 3 is 2.47 bits per heavy atom. The second-order valence-corrected chi connectivity index (χ2v) is 7.37. The molecule has 0 fully saturated rings. The van der Waals surface area contributed by atoms with E-state index in [1.54, 1.807) is 7.11 Å². The number of nitrogens with two attached hydrogens (primary N) is 1. The van der Waals surface area contributed by atoms with Crippen LogP contribution in [0.3, 0.4) is 0 Å². The predicted molar refractivity (Wildman–Crippen MR) is 125 cm³/mol.